The van der Waals surface area contributed by atoms with Crippen LogP contribution >= 0.6 is 0 Å². The Hall–Kier alpha value is -1.14. The average Bonchev–Trinajstić information content (AvgIpc) is 2.85. The highest BCUT2D eigenvalue weighted by molar-refractivity contribution is 5.96. The van der Waals surface area contributed by atoms with E-state index in [1.807, 2.05) is 6.92 Å². The summed E-state index contributed by atoms with van der Waals surface area (Å²) in [5.41, 5.74) is 4.99. The van der Waals surface area contributed by atoms with E-state index < -0.39 is 6.03 Å². The molecule has 6 nitrogen and oxygen atoms in total. The summed E-state index contributed by atoms with van der Waals surface area (Å²) in [5, 5.41) is 5.60. The zero-order valence-electron chi connectivity index (χ0n) is 11.9. The van der Waals surface area contributed by atoms with E-state index in [1.54, 1.807) is 0 Å². The molecule has 6 heteroatoms. The molecular formula is C13H26N4O2. The van der Waals surface area contributed by atoms with E-state index in [4.69, 9.17) is 5.73 Å². The quantitative estimate of drug-likeness (QED) is 0.626. The second-order valence-electron chi connectivity index (χ2n) is 5.17. The van der Waals surface area contributed by atoms with Gasteiger partial charge in [0.1, 0.15) is 0 Å². The van der Waals surface area contributed by atoms with Crippen molar-refractivity contribution in [3.8, 4) is 0 Å². The second kappa shape index (κ2) is 8.12. The topological polar surface area (TPSA) is 87.5 Å². The van der Waals surface area contributed by atoms with Gasteiger partial charge in [-0.3, -0.25) is 15.0 Å². The Balaban J connectivity index is 2.54. The van der Waals surface area contributed by atoms with Gasteiger partial charge in [0.25, 0.3) is 0 Å². The molecule has 0 radical (unpaired) electrons. The predicted octanol–water partition coefficient (Wildman–Crippen LogP) is 0.424. The van der Waals surface area contributed by atoms with Crippen molar-refractivity contribution >= 4 is 11.9 Å². The number of nitrogens with two attached hydrogens (primary N) is 1. The Labute approximate surface area is 115 Å². The number of nitrogens with one attached hydrogen (secondary N) is 2. The van der Waals surface area contributed by atoms with Crippen molar-refractivity contribution in [1.29, 1.82) is 0 Å². The van der Waals surface area contributed by atoms with Gasteiger partial charge in [0.2, 0.25) is 5.91 Å². The SMILES string of the molecule is CCCCN(CC1CCCN1)C(C)C(=O)NC(N)=O. The zero-order chi connectivity index (χ0) is 14.3. The van der Waals surface area contributed by atoms with Crippen molar-refractivity contribution in [1.82, 2.24) is 15.5 Å². The maximum absolute atomic E-state index is 11.9. The number of rotatable bonds is 7. The van der Waals surface area contributed by atoms with Gasteiger partial charge in [-0.25, -0.2) is 4.79 Å². The van der Waals surface area contributed by atoms with Crippen LogP contribution in [0.25, 0.3) is 0 Å². The molecule has 2 atom stereocenters. The maximum atomic E-state index is 11.9. The van der Waals surface area contributed by atoms with Crippen molar-refractivity contribution in [3.63, 3.8) is 0 Å². The number of urea groups is 1. The number of carbonyl (C=O) groups is 2. The summed E-state index contributed by atoms with van der Waals surface area (Å²) < 4.78 is 0. The third kappa shape index (κ3) is 5.57. The van der Waals surface area contributed by atoms with Crippen LogP contribution < -0.4 is 16.4 Å². The van der Waals surface area contributed by atoms with E-state index in [2.05, 4.69) is 22.5 Å². The summed E-state index contributed by atoms with van der Waals surface area (Å²) in [6.45, 7) is 6.70. The average molecular weight is 270 g/mol. The molecule has 2 unspecified atom stereocenters. The molecule has 1 rings (SSSR count). The molecule has 0 aliphatic carbocycles. The Morgan fingerprint density at radius 3 is 2.79 bits per heavy atom. The molecule has 0 aromatic carbocycles. The number of hydrogen-bond donors (Lipinski definition) is 3. The highest BCUT2D eigenvalue weighted by atomic mass is 16.2. The van der Waals surface area contributed by atoms with Crippen LogP contribution in [0.3, 0.4) is 0 Å². The molecule has 1 fully saturated rings. The van der Waals surface area contributed by atoms with Crippen molar-refractivity contribution in [2.45, 2.75) is 51.6 Å². The van der Waals surface area contributed by atoms with Crippen molar-refractivity contribution in [2.24, 2.45) is 5.73 Å². The molecule has 0 bridgehead atoms. The fraction of sp³-hybridized carbons (Fsp3) is 0.846. The molecule has 0 spiro atoms. The summed E-state index contributed by atoms with van der Waals surface area (Å²) in [4.78, 5) is 24.7. The van der Waals surface area contributed by atoms with E-state index in [0.29, 0.717) is 6.04 Å². The standard InChI is InChI=1S/C13H26N4O2/c1-3-4-8-17(9-11-6-5-7-15-11)10(2)12(18)16-13(14)19/h10-11,15H,3-9H2,1-2H3,(H3,14,16,18,19). The Kier molecular flexibility index (Phi) is 6.80. The van der Waals surface area contributed by atoms with Crippen LogP contribution in [0.1, 0.15) is 39.5 Å². The highest BCUT2D eigenvalue weighted by Crippen LogP contribution is 2.10. The first-order chi connectivity index (χ1) is 9.04. The molecule has 0 aromatic heterocycles. The summed E-state index contributed by atoms with van der Waals surface area (Å²) >= 11 is 0. The van der Waals surface area contributed by atoms with Crippen molar-refractivity contribution in [3.05, 3.63) is 0 Å². The number of primary amides is 1. The number of imide groups is 1. The summed E-state index contributed by atoms with van der Waals surface area (Å²) in [6.07, 6.45) is 4.46. The predicted molar refractivity (Wildman–Crippen MR) is 74.7 cm³/mol. The van der Waals surface area contributed by atoms with Crippen LogP contribution in [0.2, 0.25) is 0 Å². The number of hydrogen-bond acceptors (Lipinski definition) is 4. The van der Waals surface area contributed by atoms with Gasteiger partial charge in [0.05, 0.1) is 6.04 Å². The Morgan fingerprint density at radius 1 is 1.53 bits per heavy atom. The lowest BCUT2D eigenvalue weighted by molar-refractivity contribution is -0.124. The lowest BCUT2D eigenvalue weighted by Gasteiger charge is -2.30. The van der Waals surface area contributed by atoms with Gasteiger partial charge >= 0.3 is 6.03 Å². The molecule has 1 saturated heterocycles. The lowest BCUT2D eigenvalue weighted by atomic mass is 10.1. The van der Waals surface area contributed by atoms with Crippen LogP contribution in [0.5, 0.6) is 0 Å². The van der Waals surface area contributed by atoms with Gasteiger partial charge in [0.15, 0.2) is 0 Å². The Bertz CT molecular complexity index is 303. The molecule has 4 N–H and O–H groups in total. The molecule has 19 heavy (non-hydrogen) atoms. The van der Waals surface area contributed by atoms with Crippen LogP contribution in [-0.2, 0) is 4.79 Å². The smallest absolute Gasteiger partial charge is 0.318 e. The first-order valence-electron chi connectivity index (χ1n) is 7.12. The van der Waals surface area contributed by atoms with E-state index >= 15 is 0 Å². The minimum Gasteiger partial charge on any atom is -0.351 e. The summed E-state index contributed by atoms with van der Waals surface area (Å²) in [5.74, 6) is -0.318. The normalized spacial score (nSPS) is 20.5. The Morgan fingerprint density at radius 2 is 2.26 bits per heavy atom. The van der Waals surface area contributed by atoms with Gasteiger partial charge in [-0.2, -0.15) is 0 Å². The first-order valence-corrected chi connectivity index (χ1v) is 7.12. The van der Waals surface area contributed by atoms with Gasteiger partial charge in [-0.1, -0.05) is 13.3 Å². The first kappa shape index (κ1) is 15.9. The van der Waals surface area contributed by atoms with Crippen LogP contribution in [-0.4, -0.2) is 48.6 Å². The monoisotopic (exact) mass is 270 g/mol. The van der Waals surface area contributed by atoms with E-state index in [-0.39, 0.29) is 11.9 Å². The van der Waals surface area contributed by atoms with E-state index in [9.17, 15) is 9.59 Å². The number of unbranched alkanes of at least 4 members (excludes halogenated alkanes) is 1. The molecule has 1 heterocycles. The van der Waals surface area contributed by atoms with Crippen LogP contribution in [0.4, 0.5) is 4.79 Å². The lowest BCUT2D eigenvalue weighted by Crippen LogP contribution is -2.51. The van der Waals surface area contributed by atoms with E-state index in [0.717, 1.165) is 38.9 Å². The summed E-state index contributed by atoms with van der Waals surface area (Å²) in [7, 11) is 0. The molecule has 0 saturated carbocycles. The second-order valence-corrected chi connectivity index (χ2v) is 5.17. The molecular weight excluding hydrogens is 244 g/mol. The fourth-order valence-corrected chi connectivity index (χ4v) is 2.39. The third-order valence-corrected chi connectivity index (χ3v) is 3.59. The number of amides is 3. The van der Waals surface area contributed by atoms with Crippen LogP contribution in [0, 0.1) is 0 Å². The maximum Gasteiger partial charge on any atom is 0.318 e. The van der Waals surface area contributed by atoms with Gasteiger partial charge in [-0.05, 0) is 39.3 Å². The number of nitrogens with zero attached hydrogens (tertiary/aromatic N) is 1. The van der Waals surface area contributed by atoms with Gasteiger partial charge in [-0.15, -0.1) is 0 Å². The number of carbonyl (C=O) groups excluding carboxylic acids is 2. The van der Waals surface area contributed by atoms with E-state index in [1.165, 1.54) is 6.42 Å². The molecule has 0 aromatic rings. The molecule has 110 valence electrons. The van der Waals surface area contributed by atoms with Crippen molar-refractivity contribution in [2.75, 3.05) is 19.6 Å². The fourth-order valence-electron chi connectivity index (χ4n) is 2.39. The van der Waals surface area contributed by atoms with Gasteiger partial charge in [0, 0.05) is 12.6 Å². The minimum atomic E-state index is -0.786. The van der Waals surface area contributed by atoms with Crippen LogP contribution in [0.15, 0.2) is 0 Å². The van der Waals surface area contributed by atoms with Crippen molar-refractivity contribution < 1.29 is 9.59 Å². The molecule has 3 amide bonds. The highest BCUT2D eigenvalue weighted by Gasteiger charge is 2.25. The third-order valence-electron chi connectivity index (χ3n) is 3.59. The molecule has 1 aliphatic rings. The van der Waals surface area contributed by atoms with Gasteiger partial charge < -0.3 is 11.1 Å². The summed E-state index contributed by atoms with van der Waals surface area (Å²) in [6, 6.07) is -0.673. The zero-order valence-corrected chi connectivity index (χ0v) is 11.9. The molecule has 1 aliphatic heterocycles. The minimum absolute atomic E-state index is 0.318. The largest absolute Gasteiger partial charge is 0.351 e.